The van der Waals surface area contributed by atoms with E-state index in [0.29, 0.717) is 0 Å². The summed E-state index contributed by atoms with van der Waals surface area (Å²) in [6.45, 7) is 1.76. The molecule has 0 saturated carbocycles. The first-order chi connectivity index (χ1) is 8.61. The maximum Gasteiger partial charge on any atom is 0.396 e. The number of aromatic nitrogens is 2. The zero-order valence-corrected chi connectivity index (χ0v) is 9.31. The van der Waals surface area contributed by atoms with Crippen LogP contribution >= 0.6 is 0 Å². The van der Waals surface area contributed by atoms with Crippen molar-refractivity contribution >= 4 is 5.97 Å². The van der Waals surface area contributed by atoms with Gasteiger partial charge in [-0.25, -0.2) is 13.6 Å². The molecule has 1 aromatic heterocycles. The van der Waals surface area contributed by atoms with Crippen molar-refractivity contribution in [2.75, 3.05) is 6.61 Å². The molecule has 7 heteroatoms. The van der Waals surface area contributed by atoms with Crippen LogP contribution in [0.3, 0.4) is 0 Å². The first-order valence-electron chi connectivity index (χ1n) is 5.08. The largest absolute Gasteiger partial charge is 0.459 e. The Balaban J connectivity index is 2.35. The molecular formula is C11H8F2N2O3. The van der Waals surface area contributed by atoms with Crippen molar-refractivity contribution in [2.24, 2.45) is 0 Å². The number of esters is 1. The highest BCUT2D eigenvalue weighted by atomic mass is 19.1. The number of ether oxygens (including phenoxy) is 1. The Morgan fingerprint density at radius 1 is 1.39 bits per heavy atom. The molecule has 0 amide bonds. The van der Waals surface area contributed by atoms with Gasteiger partial charge >= 0.3 is 11.9 Å². The van der Waals surface area contributed by atoms with E-state index < -0.39 is 23.5 Å². The van der Waals surface area contributed by atoms with Gasteiger partial charge in [-0.3, -0.25) is 0 Å². The number of carbonyl (C=O) groups is 1. The summed E-state index contributed by atoms with van der Waals surface area (Å²) in [6, 6.07) is 2.79. The summed E-state index contributed by atoms with van der Waals surface area (Å²) in [5, 5.41) is 6.87. The van der Waals surface area contributed by atoms with Gasteiger partial charge in [-0.05, 0) is 25.1 Å². The van der Waals surface area contributed by atoms with E-state index in [0.717, 1.165) is 18.2 Å². The van der Waals surface area contributed by atoms with Crippen LogP contribution in [0.5, 0.6) is 0 Å². The van der Waals surface area contributed by atoms with Gasteiger partial charge in [-0.1, -0.05) is 0 Å². The molecule has 5 nitrogen and oxygen atoms in total. The number of hydrogen-bond donors (Lipinski definition) is 0. The fraction of sp³-hybridized carbons (Fsp3) is 0.182. The maximum absolute atomic E-state index is 13.4. The smallest absolute Gasteiger partial charge is 0.396 e. The van der Waals surface area contributed by atoms with Crippen molar-refractivity contribution < 1.29 is 22.7 Å². The number of nitrogens with zero attached hydrogens (tertiary/aromatic N) is 2. The molecule has 2 aromatic rings. The predicted octanol–water partition coefficient (Wildman–Crippen LogP) is 2.19. The third kappa shape index (κ3) is 2.34. The molecule has 18 heavy (non-hydrogen) atoms. The molecule has 0 aliphatic rings. The standard InChI is InChI=1S/C11H8F2N2O3/c1-2-17-11(16)10-15-14-9(18-10)7-5-6(12)3-4-8(7)13/h3-5H,2H2,1H3. The van der Waals surface area contributed by atoms with Gasteiger partial charge in [-0.2, -0.15) is 0 Å². The van der Waals surface area contributed by atoms with E-state index in [1.54, 1.807) is 6.92 Å². The molecule has 0 aliphatic carbocycles. The van der Waals surface area contributed by atoms with Gasteiger partial charge in [0.1, 0.15) is 11.6 Å². The summed E-state index contributed by atoms with van der Waals surface area (Å²) in [5.74, 6) is -2.88. The predicted molar refractivity (Wildman–Crippen MR) is 55.6 cm³/mol. The molecule has 0 spiro atoms. The third-order valence-corrected chi connectivity index (χ3v) is 2.03. The van der Waals surface area contributed by atoms with Crippen LogP contribution < -0.4 is 0 Å². The Morgan fingerprint density at radius 2 is 2.17 bits per heavy atom. The summed E-state index contributed by atoms with van der Waals surface area (Å²) < 4.78 is 35.9. The van der Waals surface area contributed by atoms with Gasteiger partial charge in [0.15, 0.2) is 0 Å². The summed E-state index contributed by atoms with van der Waals surface area (Å²) in [6.07, 6.45) is 0. The van der Waals surface area contributed by atoms with E-state index >= 15 is 0 Å². The lowest BCUT2D eigenvalue weighted by atomic mass is 10.2. The monoisotopic (exact) mass is 254 g/mol. The van der Waals surface area contributed by atoms with Gasteiger partial charge in [0.05, 0.1) is 12.2 Å². The molecule has 1 aromatic carbocycles. The second kappa shape index (κ2) is 4.91. The van der Waals surface area contributed by atoms with Gasteiger partial charge in [0, 0.05) is 0 Å². The Hall–Kier alpha value is -2.31. The van der Waals surface area contributed by atoms with Crippen LogP contribution in [0.1, 0.15) is 17.6 Å². The average molecular weight is 254 g/mol. The summed E-state index contributed by atoms with van der Waals surface area (Å²) in [5.41, 5.74) is -0.210. The Kier molecular flexibility index (Phi) is 3.31. The first kappa shape index (κ1) is 12.2. The van der Waals surface area contributed by atoms with Crippen LogP contribution in [0.2, 0.25) is 0 Å². The maximum atomic E-state index is 13.4. The molecule has 0 aliphatic heterocycles. The number of hydrogen-bond acceptors (Lipinski definition) is 5. The van der Waals surface area contributed by atoms with Crippen molar-refractivity contribution in [3.05, 3.63) is 35.7 Å². The number of carbonyl (C=O) groups excluding carboxylic acids is 1. The van der Waals surface area contributed by atoms with Gasteiger partial charge < -0.3 is 9.15 Å². The van der Waals surface area contributed by atoms with E-state index in [1.165, 1.54) is 0 Å². The molecule has 0 N–H and O–H groups in total. The lowest BCUT2D eigenvalue weighted by Gasteiger charge is -1.97. The molecule has 0 fully saturated rings. The van der Waals surface area contributed by atoms with Crippen molar-refractivity contribution in [1.29, 1.82) is 0 Å². The van der Waals surface area contributed by atoms with Crippen molar-refractivity contribution in [3.63, 3.8) is 0 Å². The van der Waals surface area contributed by atoms with E-state index in [2.05, 4.69) is 14.9 Å². The van der Waals surface area contributed by atoms with Gasteiger partial charge in [-0.15, -0.1) is 10.2 Å². The van der Waals surface area contributed by atoms with Crippen LogP contribution in [-0.4, -0.2) is 22.8 Å². The quantitative estimate of drug-likeness (QED) is 0.785. The first-order valence-corrected chi connectivity index (χ1v) is 5.08. The summed E-state index contributed by atoms with van der Waals surface area (Å²) in [4.78, 5) is 11.3. The zero-order valence-electron chi connectivity index (χ0n) is 9.31. The molecule has 2 rings (SSSR count). The molecule has 0 saturated heterocycles. The van der Waals surface area contributed by atoms with E-state index in [4.69, 9.17) is 4.42 Å². The zero-order chi connectivity index (χ0) is 13.1. The molecule has 0 atom stereocenters. The fourth-order valence-electron chi connectivity index (χ4n) is 1.27. The highest BCUT2D eigenvalue weighted by Crippen LogP contribution is 2.22. The fourth-order valence-corrected chi connectivity index (χ4v) is 1.27. The van der Waals surface area contributed by atoms with Gasteiger partial charge in [0.2, 0.25) is 0 Å². The Labute approximate surface area is 100 Å². The van der Waals surface area contributed by atoms with Crippen LogP contribution in [0, 0.1) is 11.6 Å². The summed E-state index contributed by atoms with van der Waals surface area (Å²) in [7, 11) is 0. The number of rotatable bonds is 3. The summed E-state index contributed by atoms with van der Waals surface area (Å²) >= 11 is 0. The Bertz CT molecular complexity index is 583. The molecular weight excluding hydrogens is 246 g/mol. The van der Waals surface area contributed by atoms with Crippen LogP contribution in [-0.2, 0) is 4.74 Å². The third-order valence-electron chi connectivity index (χ3n) is 2.03. The van der Waals surface area contributed by atoms with Crippen LogP contribution in [0.4, 0.5) is 8.78 Å². The van der Waals surface area contributed by atoms with Crippen LogP contribution in [0.25, 0.3) is 11.5 Å². The average Bonchev–Trinajstić information content (AvgIpc) is 2.82. The molecule has 0 radical (unpaired) electrons. The minimum atomic E-state index is -0.812. The number of benzene rings is 1. The topological polar surface area (TPSA) is 65.2 Å². The highest BCUT2D eigenvalue weighted by molar-refractivity contribution is 5.84. The SMILES string of the molecule is CCOC(=O)c1nnc(-c2cc(F)ccc2F)o1. The second-order valence-corrected chi connectivity index (χ2v) is 3.26. The molecule has 1 heterocycles. The minimum absolute atomic E-state index is 0.144. The molecule has 0 unspecified atom stereocenters. The van der Waals surface area contributed by atoms with Crippen molar-refractivity contribution in [1.82, 2.24) is 10.2 Å². The molecule has 0 bridgehead atoms. The van der Waals surface area contributed by atoms with Crippen molar-refractivity contribution in [2.45, 2.75) is 6.92 Å². The lowest BCUT2D eigenvalue weighted by Crippen LogP contribution is -2.04. The lowest BCUT2D eigenvalue weighted by molar-refractivity contribution is 0.0481. The Morgan fingerprint density at radius 3 is 2.89 bits per heavy atom. The minimum Gasteiger partial charge on any atom is -0.459 e. The molecule has 94 valence electrons. The number of halogens is 2. The van der Waals surface area contributed by atoms with E-state index in [9.17, 15) is 13.6 Å². The van der Waals surface area contributed by atoms with Crippen LogP contribution in [0.15, 0.2) is 22.6 Å². The van der Waals surface area contributed by atoms with Crippen molar-refractivity contribution in [3.8, 4) is 11.5 Å². The highest BCUT2D eigenvalue weighted by Gasteiger charge is 2.19. The van der Waals surface area contributed by atoms with E-state index in [1.807, 2.05) is 0 Å². The van der Waals surface area contributed by atoms with E-state index in [-0.39, 0.29) is 18.1 Å². The van der Waals surface area contributed by atoms with Gasteiger partial charge in [0.25, 0.3) is 5.89 Å². The second-order valence-electron chi connectivity index (χ2n) is 3.26. The normalized spacial score (nSPS) is 10.4.